The summed E-state index contributed by atoms with van der Waals surface area (Å²) in [7, 11) is 0. The van der Waals surface area contributed by atoms with Gasteiger partial charge in [-0.2, -0.15) is 0 Å². The van der Waals surface area contributed by atoms with Crippen molar-refractivity contribution in [2.45, 2.75) is 13.0 Å². The van der Waals surface area contributed by atoms with Crippen LogP contribution in [0.1, 0.15) is 6.92 Å². The first-order chi connectivity index (χ1) is 6.77. The third-order valence-electron chi connectivity index (χ3n) is 2.30. The molecule has 1 rings (SSSR count). The minimum atomic E-state index is -0.423. The fourth-order valence-electron chi connectivity index (χ4n) is 1.49. The quantitative estimate of drug-likeness (QED) is 0.602. The maximum absolute atomic E-state index is 11.2. The fraction of sp³-hybridized carbons (Fsp3) is 0.889. The van der Waals surface area contributed by atoms with E-state index in [1.165, 1.54) is 0 Å². The molecule has 5 nitrogen and oxygen atoms in total. The Morgan fingerprint density at radius 1 is 1.71 bits per heavy atom. The molecule has 1 aliphatic rings. The molecule has 0 aliphatic carbocycles. The summed E-state index contributed by atoms with van der Waals surface area (Å²) < 4.78 is 5.47. The molecule has 0 unspecified atom stereocenters. The number of aliphatic hydroxyl groups is 1. The molecule has 0 spiro atoms. The van der Waals surface area contributed by atoms with E-state index in [2.05, 4.69) is 5.32 Å². The Morgan fingerprint density at radius 2 is 2.50 bits per heavy atom. The number of carbonyl (C=O) groups excluding carboxylic acids is 1. The molecule has 14 heavy (non-hydrogen) atoms. The second-order valence-electron chi connectivity index (χ2n) is 3.29. The van der Waals surface area contributed by atoms with E-state index in [0.717, 1.165) is 13.1 Å². The SMILES string of the molecule is CCN(C[C@H]1CNCCO1)C(=O)CO. The summed E-state index contributed by atoms with van der Waals surface area (Å²) in [6.45, 7) is 4.97. The van der Waals surface area contributed by atoms with Gasteiger partial charge in [0.2, 0.25) is 5.91 Å². The zero-order valence-corrected chi connectivity index (χ0v) is 8.53. The number of aliphatic hydroxyl groups excluding tert-OH is 1. The number of hydrogen-bond donors (Lipinski definition) is 2. The van der Waals surface area contributed by atoms with Gasteiger partial charge in [-0.3, -0.25) is 4.79 Å². The molecule has 1 heterocycles. The fourth-order valence-corrected chi connectivity index (χ4v) is 1.49. The molecule has 1 amide bonds. The van der Waals surface area contributed by atoms with Crippen molar-refractivity contribution in [3.05, 3.63) is 0 Å². The minimum Gasteiger partial charge on any atom is -0.387 e. The van der Waals surface area contributed by atoms with Crippen LogP contribution in [0.2, 0.25) is 0 Å². The second kappa shape index (κ2) is 5.95. The Hall–Kier alpha value is -0.650. The number of nitrogens with zero attached hydrogens (tertiary/aromatic N) is 1. The van der Waals surface area contributed by atoms with Crippen LogP contribution in [0.3, 0.4) is 0 Å². The normalized spacial score (nSPS) is 22.0. The minimum absolute atomic E-state index is 0.0548. The third kappa shape index (κ3) is 3.25. The van der Waals surface area contributed by atoms with Crippen LogP contribution in [0.5, 0.6) is 0 Å². The van der Waals surface area contributed by atoms with Gasteiger partial charge in [0.05, 0.1) is 12.7 Å². The van der Waals surface area contributed by atoms with Crippen LogP contribution in [0, 0.1) is 0 Å². The summed E-state index contributed by atoms with van der Waals surface area (Å²) in [6, 6.07) is 0. The first-order valence-corrected chi connectivity index (χ1v) is 4.99. The number of morpholine rings is 1. The van der Waals surface area contributed by atoms with Gasteiger partial charge in [0.15, 0.2) is 0 Å². The van der Waals surface area contributed by atoms with Gasteiger partial charge < -0.3 is 20.1 Å². The lowest BCUT2D eigenvalue weighted by Gasteiger charge is -2.29. The molecule has 0 aromatic heterocycles. The molecule has 1 fully saturated rings. The number of rotatable bonds is 4. The van der Waals surface area contributed by atoms with Crippen molar-refractivity contribution in [3.8, 4) is 0 Å². The average molecular weight is 202 g/mol. The van der Waals surface area contributed by atoms with Crippen LogP contribution in [0.4, 0.5) is 0 Å². The van der Waals surface area contributed by atoms with Crippen LogP contribution >= 0.6 is 0 Å². The number of nitrogens with one attached hydrogen (secondary N) is 1. The predicted molar refractivity (Wildman–Crippen MR) is 51.9 cm³/mol. The van der Waals surface area contributed by atoms with E-state index in [-0.39, 0.29) is 12.0 Å². The zero-order chi connectivity index (χ0) is 10.4. The van der Waals surface area contributed by atoms with Crippen molar-refractivity contribution in [1.29, 1.82) is 0 Å². The van der Waals surface area contributed by atoms with Gasteiger partial charge in [-0.1, -0.05) is 0 Å². The van der Waals surface area contributed by atoms with Gasteiger partial charge in [-0.25, -0.2) is 0 Å². The summed E-state index contributed by atoms with van der Waals surface area (Å²) in [4.78, 5) is 12.8. The lowest BCUT2D eigenvalue weighted by Crippen LogP contribution is -2.47. The summed E-state index contributed by atoms with van der Waals surface area (Å²) in [5.41, 5.74) is 0. The third-order valence-corrected chi connectivity index (χ3v) is 2.30. The van der Waals surface area contributed by atoms with E-state index < -0.39 is 6.61 Å². The second-order valence-corrected chi connectivity index (χ2v) is 3.29. The first-order valence-electron chi connectivity index (χ1n) is 4.99. The first kappa shape index (κ1) is 11.4. The van der Waals surface area contributed by atoms with Crippen molar-refractivity contribution in [3.63, 3.8) is 0 Å². The van der Waals surface area contributed by atoms with Crippen molar-refractivity contribution < 1.29 is 14.6 Å². The standard InChI is InChI=1S/C9H18N2O3/c1-2-11(9(13)7-12)6-8-5-10-3-4-14-8/h8,10,12H,2-7H2,1H3/t8-/m1/s1. The smallest absolute Gasteiger partial charge is 0.248 e. The molecule has 0 radical (unpaired) electrons. The Kier molecular flexibility index (Phi) is 4.86. The molecule has 1 aliphatic heterocycles. The van der Waals surface area contributed by atoms with Crippen molar-refractivity contribution in [2.75, 3.05) is 39.4 Å². The molecule has 0 saturated carbocycles. The zero-order valence-electron chi connectivity index (χ0n) is 8.53. The summed E-state index contributed by atoms with van der Waals surface area (Å²) in [5.74, 6) is -0.235. The lowest BCUT2D eigenvalue weighted by atomic mass is 10.3. The molecule has 1 saturated heterocycles. The van der Waals surface area contributed by atoms with Gasteiger partial charge in [0.1, 0.15) is 6.61 Å². The van der Waals surface area contributed by atoms with Crippen molar-refractivity contribution >= 4 is 5.91 Å². The molecular formula is C9H18N2O3. The molecule has 82 valence electrons. The van der Waals surface area contributed by atoms with Crippen LogP contribution in [0.15, 0.2) is 0 Å². The molecule has 0 aromatic carbocycles. The number of amides is 1. The summed E-state index contributed by atoms with van der Waals surface area (Å²) in [5, 5.41) is 11.9. The maximum Gasteiger partial charge on any atom is 0.248 e. The Bertz CT molecular complexity index is 181. The van der Waals surface area contributed by atoms with Crippen molar-refractivity contribution in [2.24, 2.45) is 0 Å². The number of ether oxygens (including phenoxy) is 1. The van der Waals surface area contributed by atoms with E-state index in [4.69, 9.17) is 9.84 Å². The van der Waals surface area contributed by atoms with Gasteiger partial charge in [-0.15, -0.1) is 0 Å². The highest BCUT2D eigenvalue weighted by Crippen LogP contribution is 2.00. The molecular weight excluding hydrogens is 184 g/mol. The Morgan fingerprint density at radius 3 is 3.00 bits per heavy atom. The molecule has 0 bridgehead atoms. The van der Waals surface area contributed by atoms with Crippen LogP contribution in [-0.2, 0) is 9.53 Å². The van der Waals surface area contributed by atoms with E-state index in [1.807, 2.05) is 6.92 Å². The van der Waals surface area contributed by atoms with Gasteiger partial charge in [-0.05, 0) is 6.92 Å². The van der Waals surface area contributed by atoms with Gasteiger partial charge in [0, 0.05) is 26.2 Å². The van der Waals surface area contributed by atoms with Crippen molar-refractivity contribution in [1.82, 2.24) is 10.2 Å². The Labute approximate surface area is 84.0 Å². The van der Waals surface area contributed by atoms with E-state index >= 15 is 0 Å². The van der Waals surface area contributed by atoms with E-state index in [9.17, 15) is 4.79 Å². The average Bonchev–Trinajstić information content (AvgIpc) is 2.26. The van der Waals surface area contributed by atoms with Gasteiger partial charge >= 0.3 is 0 Å². The van der Waals surface area contributed by atoms with Crippen LogP contribution in [-0.4, -0.2) is 61.4 Å². The monoisotopic (exact) mass is 202 g/mol. The molecule has 1 atom stereocenters. The molecule has 2 N–H and O–H groups in total. The topological polar surface area (TPSA) is 61.8 Å². The number of hydrogen-bond acceptors (Lipinski definition) is 4. The lowest BCUT2D eigenvalue weighted by molar-refractivity contribution is -0.136. The van der Waals surface area contributed by atoms with E-state index in [0.29, 0.717) is 19.7 Å². The Balaban J connectivity index is 2.34. The highest BCUT2D eigenvalue weighted by molar-refractivity contribution is 5.77. The summed E-state index contributed by atoms with van der Waals surface area (Å²) in [6.07, 6.45) is 0.0548. The largest absolute Gasteiger partial charge is 0.387 e. The summed E-state index contributed by atoms with van der Waals surface area (Å²) >= 11 is 0. The molecule has 5 heteroatoms. The number of carbonyl (C=O) groups is 1. The van der Waals surface area contributed by atoms with Gasteiger partial charge in [0.25, 0.3) is 0 Å². The predicted octanol–water partition coefficient (Wildman–Crippen LogP) is -1.18. The number of likely N-dealkylation sites (N-methyl/N-ethyl adjacent to an activating group) is 1. The van der Waals surface area contributed by atoms with Crippen LogP contribution in [0.25, 0.3) is 0 Å². The highest BCUT2D eigenvalue weighted by atomic mass is 16.5. The maximum atomic E-state index is 11.2. The van der Waals surface area contributed by atoms with Crippen LogP contribution < -0.4 is 5.32 Å². The molecule has 0 aromatic rings. The van der Waals surface area contributed by atoms with E-state index in [1.54, 1.807) is 4.90 Å². The highest BCUT2D eigenvalue weighted by Gasteiger charge is 2.19.